The first kappa shape index (κ1) is 13.3. The van der Waals surface area contributed by atoms with Crippen LogP contribution < -0.4 is 5.32 Å². The fraction of sp³-hybridized carbons (Fsp3) is 0.357. The first-order valence-electron chi connectivity index (χ1n) is 6.28. The van der Waals surface area contributed by atoms with E-state index < -0.39 is 0 Å². The summed E-state index contributed by atoms with van der Waals surface area (Å²) in [4.78, 5) is 16.1. The Morgan fingerprint density at radius 2 is 2.05 bits per heavy atom. The highest BCUT2D eigenvalue weighted by molar-refractivity contribution is 5.95. The summed E-state index contributed by atoms with van der Waals surface area (Å²) in [5, 5.41) is 7.06. The standard InChI is InChI=1S/C14H18N4O/c1-10(2)13-12(9-17-18(13)3)14(19)16-8-11-4-6-15-7-5-11/h4-7,9-10H,8H2,1-3H3,(H,16,19). The highest BCUT2D eigenvalue weighted by atomic mass is 16.1. The van der Waals surface area contributed by atoms with Gasteiger partial charge in [-0.15, -0.1) is 0 Å². The third-order valence-electron chi connectivity index (χ3n) is 2.98. The van der Waals surface area contributed by atoms with E-state index in [0.717, 1.165) is 11.3 Å². The Bertz CT molecular complexity index is 560. The molecule has 0 unspecified atom stereocenters. The molecule has 1 amide bonds. The van der Waals surface area contributed by atoms with Gasteiger partial charge in [0, 0.05) is 26.0 Å². The van der Waals surface area contributed by atoms with Crippen molar-refractivity contribution in [2.24, 2.45) is 7.05 Å². The molecule has 0 fully saturated rings. The van der Waals surface area contributed by atoms with Crippen molar-refractivity contribution in [1.82, 2.24) is 20.1 Å². The van der Waals surface area contributed by atoms with Gasteiger partial charge in [0.1, 0.15) is 0 Å². The van der Waals surface area contributed by atoms with E-state index in [4.69, 9.17) is 0 Å². The molecule has 0 spiro atoms. The lowest BCUT2D eigenvalue weighted by Gasteiger charge is -2.10. The molecule has 2 rings (SSSR count). The van der Waals surface area contributed by atoms with Crippen LogP contribution in [0.15, 0.2) is 30.7 Å². The second kappa shape index (κ2) is 5.65. The molecule has 0 aromatic carbocycles. The molecule has 2 heterocycles. The third kappa shape index (κ3) is 2.99. The number of amides is 1. The van der Waals surface area contributed by atoms with E-state index in [1.165, 1.54) is 0 Å². The summed E-state index contributed by atoms with van der Waals surface area (Å²) in [5.74, 6) is 0.169. The summed E-state index contributed by atoms with van der Waals surface area (Å²) in [6.45, 7) is 4.60. The number of aryl methyl sites for hydroxylation is 1. The Morgan fingerprint density at radius 1 is 1.37 bits per heavy atom. The van der Waals surface area contributed by atoms with E-state index >= 15 is 0 Å². The van der Waals surface area contributed by atoms with E-state index in [2.05, 4.69) is 29.2 Å². The lowest BCUT2D eigenvalue weighted by atomic mass is 10.1. The number of carbonyl (C=O) groups excluding carboxylic acids is 1. The van der Waals surface area contributed by atoms with Gasteiger partial charge in [0.25, 0.3) is 5.91 Å². The molecule has 0 aliphatic carbocycles. The van der Waals surface area contributed by atoms with Crippen molar-refractivity contribution in [1.29, 1.82) is 0 Å². The molecule has 2 aromatic heterocycles. The second-order valence-electron chi connectivity index (χ2n) is 4.76. The zero-order chi connectivity index (χ0) is 13.8. The molecule has 0 bridgehead atoms. The molecule has 0 aliphatic heterocycles. The molecular weight excluding hydrogens is 240 g/mol. The zero-order valence-corrected chi connectivity index (χ0v) is 11.4. The van der Waals surface area contributed by atoms with Gasteiger partial charge >= 0.3 is 0 Å². The molecule has 5 nitrogen and oxygen atoms in total. The maximum Gasteiger partial charge on any atom is 0.255 e. The van der Waals surface area contributed by atoms with Gasteiger partial charge in [-0.2, -0.15) is 5.10 Å². The number of nitrogens with zero attached hydrogens (tertiary/aromatic N) is 3. The van der Waals surface area contributed by atoms with E-state index in [1.807, 2.05) is 19.2 Å². The highest BCUT2D eigenvalue weighted by Crippen LogP contribution is 2.18. The summed E-state index contributed by atoms with van der Waals surface area (Å²) in [6, 6.07) is 3.76. The fourth-order valence-corrected chi connectivity index (χ4v) is 2.08. The van der Waals surface area contributed by atoms with Gasteiger partial charge in [0.05, 0.1) is 17.5 Å². The van der Waals surface area contributed by atoms with Gasteiger partial charge < -0.3 is 5.32 Å². The van der Waals surface area contributed by atoms with Crippen molar-refractivity contribution >= 4 is 5.91 Å². The summed E-state index contributed by atoms with van der Waals surface area (Å²) in [5.41, 5.74) is 2.62. The predicted octanol–water partition coefficient (Wildman–Crippen LogP) is 1.87. The van der Waals surface area contributed by atoms with E-state index in [9.17, 15) is 4.79 Å². The monoisotopic (exact) mass is 258 g/mol. The Hall–Kier alpha value is -2.17. The Morgan fingerprint density at radius 3 is 2.68 bits per heavy atom. The van der Waals surface area contributed by atoms with E-state index in [0.29, 0.717) is 12.1 Å². The average molecular weight is 258 g/mol. The van der Waals surface area contributed by atoms with Crippen LogP contribution in [0.25, 0.3) is 0 Å². The second-order valence-corrected chi connectivity index (χ2v) is 4.76. The predicted molar refractivity (Wildman–Crippen MR) is 72.7 cm³/mol. The van der Waals surface area contributed by atoms with Gasteiger partial charge in [-0.25, -0.2) is 0 Å². The quantitative estimate of drug-likeness (QED) is 0.910. The fourth-order valence-electron chi connectivity index (χ4n) is 2.08. The highest BCUT2D eigenvalue weighted by Gasteiger charge is 2.17. The van der Waals surface area contributed by atoms with Crippen LogP contribution in [0.5, 0.6) is 0 Å². The van der Waals surface area contributed by atoms with Crippen LogP contribution in [0.4, 0.5) is 0 Å². The number of pyridine rings is 1. The molecule has 0 radical (unpaired) electrons. The number of hydrogen-bond acceptors (Lipinski definition) is 3. The Balaban J connectivity index is 2.09. The Labute approximate surface area is 112 Å². The van der Waals surface area contributed by atoms with Gasteiger partial charge in [-0.3, -0.25) is 14.5 Å². The minimum atomic E-state index is -0.0892. The van der Waals surface area contributed by atoms with Gasteiger partial charge in [-0.05, 0) is 23.6 Å². The SMILES string of the molecule is CC(C)c1c(C(=O)NCc2ccncc2)cnn1C. The van der Waals surface area contributed by atoms with Crippen LogP contribution >= 0.6 is 0 Å². The summed E-state index contributed by atoms with van der Waals surface area (Å²) in [6.07, 6.45) is 5.05. The van der Waals surface area contributed by atoms with Gasteiger partial charge in [0.15, 0.2) is 0 Å². The molecule has 0 saturated carbocycles. The van der Waals surface area contributed by atoms with Crippen molar-refractivity contribution < 1.29 is 4.79 Å². The molecule has 0 atom stereocenters. The van der Waals surface area contributed by atoms with Gasteiger partial charge in [0.2, 0.25) is 0 Å². The van der Waals surface area contributed by atoms with Crippen molar-refractivity contribution in [3.63, 3.8) is 0 Å². The van der Waals surface area contributed by atoms with Crippen LogP contribution in [0.3, 0.4) is 0 Å². The summed E-state index contributed by atoms with van der Waals surface area (Å²) >= 11 is 0. The summed E-state index contributed by atoms with van der Waals surface area (Å²) in [7, 11) is 1.86. The molecule has 5 heteroatoms. The molecule has 2 aromatic rings. The normalized spacial score (nSPS) is 10.7. The number of aromatic nitrogens is 3. The number of carbonyl (C=O) groups is 1. The summed E-state index contributed by atoms with van der Waals surface area (Å²) < 4.78 is 1.76. The lowest BCUT2D eigenvalue weighted by Crippen LogP contribution is -2.24. The van der Waals surface area contributed by atoms with Crippen molar-refractivity contribution in [3.8, 4) is 0 Å². The smallest absolute Gasteiger partial charge is 0.255 e. The Kier molecular flexibility index (Phi) is 3.94. The number of nitrogens with one attached hydrogen (secondary N) is 1. The molecule has 0 aliphatic rings. The van der Waals surface area contributed by atoms with Crippen molar-refractivity contribution in [2.75, 3.05) is 0 Å². The third-order valence-corrected chi connectivity index (χ3v) is 2.98. The van der Waals surface area contributed by atoms with Crippen molar-refractivity contribution in [2.45, 2.75) is 26.3 Å². The number of rotatable bonds is 4. The molecule has 1 N–H and O–H groups in total. The van der Waals surface area contributed by atoms with Crippen molar-refractivity contribution in [3.05, 3.63) is 47.5 Å². The zero-order valence-electron chi connectivity index (χ0n) is 11.4. The van der Waals surface area contributed by atoms with Crippen LogP contribution in [0.2, 0.25) is 0 Å². The molecule has 0 saturated heterocycles. The molecule has 19 heavy (non-hydrogen) atoms. The molecular formula is C14H18N4O. The largest absolute Gasteiger partial charge is 0.348 e. The maximum absolute atomic E-state index is 12.2. The van der Waals surface area contributed by atoms with Crippen LogP contribution in [-0.2, 0) is 13.6 Å². The topological polar surface area (TPSA) is 59.8 Å². The van der Waals surface area contributed by atoms with E-state index in [1.54, 1.807) is 23.3 Å². The van der Waals surface area contributed by atoms with Gasteiger partial charge in [-0.1, -0.05) is 13.8 Å². The van der Waals surface area contributed by atoms with Crippen LogP contribution in [0, 0.1) is 0 Å². The average Bonchev–Trinajstić information content (AvgIpc) is 2.79. The van der Waals surface area contributed by atoms with E-state index in [-0.39, 0.29) is 11.8 Å². The molecule has 100 valence electrons. The first-order chi connectivity index (χ1) is 9.09. The minimum absolute atomic E-state index is 0.0892. The lowest BCUT2D eigenvalue weighted by molar-refractivity contribution is 0.0949. The number of hydrogen-bond donors (Lipinski definition) is 1. The maximum atomic E-state index is 12.2. The first-order valence-corrected chi connectivity index (χ1v) is 6.28. The van der Waals surface area contributed by atoms with Crippen LogP contribution in [-0.4, -0.2) is 20.7 Å². The van der Waals surface area contributed by atoms with Crippen LogP contribution in [0.1, 0.15) is 41.4 Å². The minimum Gasteiger partial charge on any atom is -0.348 e.